The molecule has 6 heteroatoms. The van der Waals surface area contributed by atoms with Crippen molar-refractivity contribution in [1.82, 2.24) is 9.97 Å². The minimum Gasteiger partial charge on any atom is -0.363 e. The number of hydrazine groups is 1. The molecule has 1 unspecified atom stereocenters. The standard InChI is InChI=1S/C12H17N5S/c1-7-6-11(16-12(14-7)17-13)15-9(3)10-5-4-8(2)18-10/h4-6,9H,13H2,1-3H3,(H2,14,15,16,17). The summed E-state index contributed by atoms with van der Waals surface area (Å²) in [7, 11) is 0. The Bertz CT molecular complexity index is 537. The second kappa shape index (κ2) is 5.32. The first kappa shape index (κ1) is 12.8. The van der Waals surface area contributed by atoms with Crippen molar-refractivity contribution in [3.63, 3.8) is 0 Å². The van der Waals surface area contributed by atoms with Crippen molar-refractivity contribution in [2.24, 2.45) is 5.84 Å². The third-order valence-corrected chi connectivity index (χ3v) is 3.72. The Morgan fingerprint density at radius 3 is 2.67 bits per heavy atom. The summed E-state index contributed by atoms with van der Waals surface area (Å²) in [6.07, 6.45) is 0. The molecule has 0 saturated carbocycles. The van der Waals surface area contributed by atoms with Crippen molar-refractivity contribution in [2.45, 2.75) is 26.8 Å². The predicted molar refractivity (Wildman–Crippen MR) is 75.7 cm³/mol. The Hall–Kier alpha value is -1.66. The highest BCUT2D eigenvalue weighted by molar-refractivity contribution is 7.12. The van der Waals surface area contributed by atoms with Gasteiger partial charge in [0.2, 0.25) is 5.95 Å². The van der Waals surface area contributed by atoms with E-state index in [2.05, 4.69) is 46.7 Å². The minimum atomic E-state index is 0.212. The number of nitrogens with zero attached hydrogens (tertiary/aromatic N) is 2. The molecule has 96 valence electrons. The number of hydrogen-bond acceptors (Lipinski definition) is 6. The van der Waals surface area contributed by atoms with Crippen LogP contribution in [0, 0.1) is 13.8 Å². The van der Waals surface area contributed by atoms with Gasteiger partial charge in [0.25, 0.3) is 0 Å². The van der Waals surface area contributed by atoms with E-state index in [0.29, 0.717) is 5.95 Å². The molecule has 0 saturated heterocycles. The molecular weight excluding hydrogens is 246 g/mol. The number of aryl methyl sites for hydroxylation is 2. The van der Waals surface area contributed by atoms with Gasteiger partial charge in [-0.25, -0.2) is 10.8 Å². The lowest BCUT2D eigenvalue weighted by Gasteiger charge is -2.13. The van der Waals surface area contributed by atoms with Crippen LogP contribution in [0.15, 0.2) is 18.2 Å². The van der Waals surface area contributed by atoms with Gasteiger partial charge in [0.1, 0.15) is 5.82 Å². The maximum absolute atomic E-state index is 5.33. The molecule has 0 amide bonds. The van der Waals surface area contributed by atoms with Crippen LogP contribution >= 0.6 is 11.3 Å². The van der Waals surface area contributed by atoms with Crippen molar-refractivity contribution < 1.29 is 0 Å². The lowest BCUT2D eigenvalue weighted by atomic mass is 10.2. The Balaban J connectivity index is 2.16. The second-order valence-electron chi connectivity index (χ2n) is 4.18. The molecule has 4 N–H and O–H groups in total. The summed E-state index contributed by atoms with van der Waals surface area (Å²) >= 11 is 1.78. The number of rotatable bonds is 4. The molecule has 0 bridgehead atoms. The molecule has 18 heavy (non-hydrogen) atoms. The van der Waals surface area contributed by atoms with Gasteiger partial charge in [-0.15, -0.1) is 11.3 Å². The van der Waals surface area contributed by atoms with Crippen LogP contribution in [0.3, 0.4) is 0 Å². The molecule has 2 aromatic heterocycles. The first-order chi connectivity index (χ1) is 8.58. The summed E-state index contributed by atoms with van der Waals surface area (Å²) in [5.41, 5.74) is 3.34. The van der Waals surface area contributed by atoms with E-state index in [4.69, 9.17) is 5.84 Å². The molecular formula is C12H17N5S. The van der Waals surface area contributed by atoms with Crippen molar-refractivity contribution >= 4 is 23.1 Å². The van der Waals surface area contributed by atoms with Gasteiger partial charge in [-0.2, -0.15) is 4.98 Å². The third kappa shape index (κ3) is 2.96. The highest BCUT2D eigenvalue weighted by Gasteiger charge is 2.09. The van der Waals surface area contributed by atoms with E-state index < -0.39 is 0 Å². The molecule has 0 spiro atoms. The number of hydrogen-bond donors (Lipinski definition) is 3. The summed E-state index contributed by atoms with van der Waals surface area (Å²) < 4.78 is 0. The van der Waals surface area contributed by atoms with E-state index in [-0.39, 0.29) is 6.04 Å². The first-order valence-electron chi connectivity index (χ1n) is 5.73. The molecule has 2 heterocycles. The van der Waals surface area contributed by atoms with Crippen LogP contribution in [-0.2, 0) is 0 Å². The van der Waals surface area contributed by atoms with E-state index >= 15 is 0 Å². The van der Waals surface area contributed by atoms with E-state index in [9.17, 15) is 0 Å². The Kier molecular flexibility index (Phi) is 3.78. The van der Waals surface area contributed by atoms with Gasteiger partial charge in [-0.3, -0.25) is 5.43 Å². The van der Waals surface area contributed by atoms with E-state index in [1.807, 2.05) is 13.0 Å². The van der Waals surface area contributed by atoms with Crippen molar-refractivity contribution in [1.29, 1.82) is 0 Å². The molecule has 0 fully saturated rings. The van der Waals surface area contributed by atoms with Crippen LogP contribution in [0.25, 0.3) is 0 Å². The zero-order valence-electron chi connectivity index (χ0n) is 10.7. The highest BCUT2D eigenvalue weighted by atomic mass is 32.1. The fraction of sp³-hybridized carbons (Fsp3) is 0.333. The van der Waals surface area contributed by atoms with E-state index in [0.717, 1.165) is 11.5 Å². The molecule has 0 aliphatic carbocycles. The maximum Gasteiger partial charge on any atom is 0.239 e. The third-order valence-electron chi connectivity index (χ3n) is 2.54. The Morgan fingerprint density at radius 1 is 1.28 bits per heavy atom. The van der Waals surface area contributed by atoms with Crippen LogP contribution in [-0.4, -0.2) is 9.97 Å². The summed E-state index contributed by atoms with van der Waals surface area (Å²) in [5.74, 6) is 6.53. The highest BCUT2D eigenvalue weighted by Crippen LogP contribution is 2.25. The van der Waals surface area contributed by atoms with Crippen LogP contribution in [0.4, 0.5) is 11.8 Å². The van der Waals surface area contributed by atoms with Crippen LogP contribution < -0.4 is 16.6 Å². The second-order valence-corrected chi connectivity index (χ2v) is 5.50. The number of thiophene rings is 1. The molecule has 0 radical (unpaired) electrons. The van der Waals surface area contributed by atoms with Gasteiger partial charge in [0, 0.05) is 21.5 Å². The van der Waals surface area contributed by atoms with Crippen molar-refractivity contribution in [3.05, 3.63) is 33.6 Å². The average molecular weight is 263 g/mol. The fourth-order valence-electron chi connectivity index (χ4n) is 1.69. The maximum atomic E-state index is 5.33. The number of anilines is 2. The van der Waals surface area contributed by atoms with E-state index in [1.165, 1.54) is 9.75 Å². The van der Waals surface area contributed by atoms with Gasteiger partial charge >= 0.3 is 0 Å². The summed E-state index contributed by atoms with van der Waals surface area (Å²) in [6.45, 7) is 6.12. The predicted octanol–water partition coefficient (Wildman–Crippen LogP) is 2.61. The van der Waals surface area contributed by atoms with Gasteiger partial charge in [-0.1, -0.05) is 0 Å². The lowest BCUT2D eigenvalue weighted by Crippen LogP contribution is -2.13. The molecule has 0 aliphatic rings. The normalized spacial score (nSPS) is 12.2. The minimum absolute atomic E-state index is 0.212. The number of aromatic nitrogens is 2. The quantitative estimate of drug-likeness (QED) is 0.584. The Labute approximate surface area is 110 Å². The zero-order chi connectivity index (χ0) is 13.1. The molecule has 1 atom stereocenters. The SMILES string of the molecule is Cc1cc(NC(C)c2ccc(C)s2)nc(NN)n1. The Morgan fingerprint density at radius 2 is 2.06 bits per heavy atom. The largest absolute Gasteiger partial charge is 0.363 e. The molecule has 0 aliphatic heterocycles. The summed E-state index contributed by atoms with van der Waals surface area (Å²) in [5, 5.41) is 3.35. The average Bonchev–Trinajstić information content (AvgIpc) is 2.75. The van der Waals surface area contributed by atoms with Gasteiger partial charge < -0.3 is 5.32 Å². The van der Waals surface area contributed by atoms with Crippen LogP contribution in [0.1, 0.15) is 28.4 Å². The van der Waals surface area contributed by atoms with Gasteiger partial charge in [0.05, 0.1) is 6.04 Å². The smallest absolute Gasteiger partial charge is 0.239 e. The molecule has 0 aromatic carbocycles. The zero-order valence-corrected chi connectivity index (χ0v) is 11.5. The number of nitrogen functional groups attached to an aromatic ring is 1. The van der Waals surface area contributed by atoms with Crippen LogP contribution in [0.5, 0.6) is 0 Å². The molecule has 2 aromatic rings. The molecule has 5 nitrogen and oxygen atoms in total. The van der Waals surface area contributed by atoms with Crippen LogP contribution in [0.2, 0.25) is 0 Å². The first-order valence-corrected chi connectivity index (χ1v) is 6.55. The van der Waals surface area contributed by atoms with Gasteiger partial charge in [0.15, 0.2) is 0 Å². The van der Waals surface area contributed by atoms with E-state index in [1.54, 1.807) is 11.3 Å². The van der Waals surface area contributed by atoms with Gasteiger partial charge in [-0.05, 0) is 32.9 Å². The van der Waals surface area contributed by atoms with Crippen molar-refractivity contribution in [2.75, 3.05) is 10.7 Å². The lowest BCUT2D eigenvalue weighted by molar-refractivity contribution is 0.890. The summed E-state index contributed by atoms with van der Waals surface area (Å²) in [4.78, 5) is 11.0. The number of nitrogens with one attached hydrogen (secondary N) is 2. The van der Waals surface area contributed by atoms with Crippen molar-refractivity contribution in [3.8, 4) is 0 Å². The monoisotopic (exact) mass is 263 g/mol. The fourth-order valence-corrected chi connectivity index (χ4v) is 2.57. The topological polar surface area (TPSA) is 75.9 Å². The summed E-state index contributed by atoms with van der Waals surface area (Å²) in [6, 6.07) is 6.37. The number of nitrogens with two attached hydrogens (primary N) is 1. The molecule has 2 rings (SSSR count).